The Morgan fingerprint density at radius 1 is 1.13 bits per heavy atom. The molecule has 31 heavy (non-hydrogen) atoms. The molecule has 0 radical (unpaired) electrons. The summed E-state index contributed by atoms with van der Waals surface area (Å²) in [4.78, 5) is 32.3. The predicted molar refractivity (Wildman–Crippen MR) is 116 cm³/mol. The van der Waals surface area contributed by atoms with Gasteiger partial charge in [0.1, 0.15) is 11.6 Å². The average Bonchev–Trinajstić information content (AvgIpc) is 3.05. The molecule has 0 unspecified atom stereocenters. The highest BCUT2D eigenvalue weighted by Gasteiger charge is 2.26. The Balaban J connectivity index is 1.89. The van der Waals surface area contributed by atoms with E-state index in [2.05, 4.69) is 9.88 Å². The molecule has 3 heterocycles. The second-order valence-electron chi connectivity index (χ2n) is 8.14. The van der Waals surface area contributed by atoms with E-state index in [1.807, 2.05) is 13.8 Å². The first kappa shape index (κ1) is 21.7. The highest BCUT2D eigenvalue weighted by molar-refractivity contribution is 6.31. The van der Waals surface area contributed by atoms with Crippen LogP contribution < -0.4 is 11.2 Å². The van der Waals surface area contributed by atoms with Crippen LogP contribution in [0.4, 0.5) is 4.39 Å². The van der Waals surface area contributed by atoms with Gasteiger partial charge in [0.05, 0.1) is 25.3 Å². The maximum absolute atomic E-state index is 14.6. The number of hydrogen-bond acceptors (Lipinski definition) is 5. The van der Waals surface area contributed by atoms with Crippen LogP contribution in [0, 0.1) is 5.82 Å². The molecular formula is C21H25ClFN5O3. The Labute approximate surface area is 183 Å². The number of aromatic nitrogens is 4. The SMILES string of the molecule is C[C@@H]1CN(Cc2nc3c(c(=O)n(C)c(=O)n3C)n2Cc2c(F)cccc2Cl)C[C@@H](C)O1. The van der Waals surface area contributed by atoms with E-state index in [-0.39, 0.29) is 40.5 Å². The topological polar surface area (TPSA) is 74.3 Å². The van der Waals surface area contributed by atoms with Crippen LogP contribution in [-0.2, 0) is 31.9 Å². The molecule has 1 aliphatic rings. The summed E-state index contributed by atoms with van der Waals surface area (Å²) < 4.78 is 24.4. The van der Waals surface area contributed by atoms with Gasteiger partial charge in [0.25, 0.3) is 5.56 Å². The first-order chi connectivity index (χ1) is 14.7. The maximum atomic E-state index is 14.6. The summed E-state index contributed by atoms with van der Waals surface area (Å²) in [6, 6.07) is 4.48. The van der Waals surface area contributed by atoms with Gasteiger partial charge in [-0.15, -0.1) is 0 Å². The van der Waals surface area contributed by atoms with E-state index in [9.17, 15) is 14.0 Å². The van der Waals surface area contributed by atoms with Crippen molar-refractivity contribution in [2.24, 2.45) is 14.1 Å². The quantitative estimate of drug-likeness (QED) is 0.608. The summed E-state index contributed by atoms with van der Waals surface area (Å²) >= 11 is 6.27. The van der Waals surface area contributed by atoms with E-state index in [0.717, 1.165) is 4.57 Å². The third kappa shape index (κ3) is 3.93. The zero-order chi connectivity index (χ0) is 22.4. The Morgan fingerprint density at radius 2 is 1.81 bits per heavy atom. The van der Waals surface area contributed by atoms with Gasteiger partial charge < -0.3 is 9.30 Å². The smallest absolute Gasteiger partial charge is 0.332 e. The van der Waals surface area contributed by atoms with Crippen LogP contribution in [0.15, 0.2) is 27.8 Å². The number of hydrogen-bond donors (Lipinski definition) is 0. The molecular weight excluding hydrogens is 425 g/mol. The van der Waals surface area contributed by atoms with Gasteiger partial charge in [-0.1, -0.05) is 17.7 Å². The molecule has 1 aliphatic heterocycles. The van der Waals surface area contributed by atoms with Crippen LogP contribution in [0.25, 0.3) is 11.2 Å². The van der Waals surface area contributed by atoms with Crippen LogP contribution in [0.1, 0.15) is 25.2 Å². The van der Waals surface area contributed by atoms with Crippen LogP contribution in [0.2, 0.25) is 5.02 Å². The molecule has 3 aromatic rings. The van der Waals surface area contributed by atoms with Crippen molar-refractivity contribution in [3.8, 4) is 0 Å². The van der Waals surface area contributed by atoms with Gasteiger partial charge >= 0.3 is 5.69 Å². The Bertz CT molecular complexity index is 1230. The van der Waals surface area contributed by atoms with Crippen molar-refractivity contribution >= 4 is 22.8 Å². The lowest BCUT2D eigenvalue weighted by atomic mass is 10.2. The molecule has 10 heteroatoms. The molecule has 0 N–H and O–H groups in total. The number of benzene rings is 1. The monoisotopic (exact) mass is 449 g/mol. The number of aryl methyl sites for hydroxylation is 1. The normalized spacial score (nSPS) is 19.9. The maximum Gasteiger partial charge on any atom is 0.332 e. The van der Waals surface area contributed by atoms with E-state index in [1.54, 1.807) is 17.7 Å². The minimum absolute atomic E-state index is 0.0280. The molecule has 8 nitrogen and oxygen atoms in total. The Morgan fingerprint density at radius 3 is 2.45 bits per heavy atom. The minimum atomic E-state index is -0.479. The summed E-state index contributed by atoms with van der Waals surface area (Å²) in [5.74, 6) is 0.101. The Kier molecular flexibility index (Phi) is 5.76. The summed E-state index contributed by atoms with van der Waals surface area (Å²) in [5, 5.41) is 0.267. The largest absolute Gasteiger partial charge is 0.373 e. The van der Waals surface area contributed by atoms with E-state index >= 15 is 0 Å². The van der Waals surface area contributed by atoms with Crippen LogP contribution in [-0.4, -0.2) is 48.9 Å². The first-order valence-electron chi connectivity index (χ1n) is 10.1. The lowest BCUT2D eigenvalue weighted by Crippen LogP contribution is -2.45. The van der Waals surface area contributed by atoms with Gasteiger partial charge in [-0.25, -0.2) is 14.2 Å². The molecule has 1 aromatic carbocycles. The van der Waals surface area contributed by atoms with Crippen LogP contribution in [0.3, 0.4) is 0 Å². The minimum Gasteiger partial charge on any atom is -0.373 e. The number of halogens is 2. The van der Waals surface area contributed by atoms with Crippen molar-refractivity contribution in [2.45, 2.75) is 39.1 Å². The van der Waals surface area contributed by atoms with Crippen molar-refractivity contribution in [1.29, 1.82) is 0 Å². The van der Waals surface area contributed by atoms with Crippen LogP contribution >= 0.6 is 11.6 Å². The van der Waals surface area contributed by atoms with Gasteiger partial charge in [0.2, 0.25) is 0 Å². The van der Waals surface area contributed by atoms with E-state index in [1.165, 1.54) is 23.7 Å². The van der Waals surface area contributed by atoms with Gasteiger partial charge in [0, 0.05) is 37.8 Å². The fourth-order valence-corrected chi connectivity index (χ4v) is 4.46. The molecule has 0 aliphatic carbocycles. The zero-order valence-corrected chi connectivity index (χ0v) is 18.7. The molecule has 0 amide bonds. The van der Waals surface area contributed by atoms with Crippen molar-refractivity contribution in [2.75, 3.05) is 13.1 Å². The summed E-state index contributed by atoms with van der Waals surface area (Å²) in [6.45, 7) is 5.86. The lowest BCUT2D eigenvalue weighted by Gasteiger charge is -2.35. The molecule has 2 aromatic heterocycles. The molecule has 166 valence electrons. The predicted octanol–water partition coefficient (Wildman–Crippen LogP) is 1.88. The van der Waals surface area contributed by atoms with Gasteiger partial charge in [-0.2, -0.15) is 0 Å². The van der Waals surface area contributed by atoms with Crippen molar-refractivity contribution in [3.63, 3.8) is 0 Å². The van der Waals surface area contributed by atoms with Gasteiger partial charge in [-0.05, 0) is 26.0 Å². The third-order valence-electron chi connectivity index (χ3n) is 5.67. The van der Waals surface area contributed by atoms with E-state index in [4.69, 9.17) is 16.3 Å². The second-order valence-corrected chi connectivity index (χ2v) is 8.55. The van der Waals surface area contributed by atoms with E-state index in [0.29, 0.717) is 25.5 Å². The highest BCUT2D eigenvalue weighted by Crippen LogP contribution is 2.24. The summed E-state index contributed by atoms with van der Waals surface area (Å²) in [5.41, 5.74) is -0.165. The molecule has 0 saturated carbocycles. The number of rotatable bonds is 4. The van der Waals surface area contributed by atoms with E-state index < -0.39 is 17.1 Å². The fourth-order valence-electron chi connectivity index (χ4n) is 4.24. The van der Waals surface area contributed by atoms with Crippen LogP contribution in [0.5, 0.6) is 0 Å². The third-order valence-corrected chi connectivity index (χ3v) is 6.02. The van der Waals surface area contributed by atoms with Crippen molar-refractivity contribution < 1.29 is 9.13 Å². The fraction of sp³-hybridized carbons (Fsp3) is 0.476. The van der Waals surface area contributed by atoms with Gasteiger partial charge in [-0.3, -0.25) is 18.8 Å². The Hall–Kier alpha value is -2.49. The highest BCUT2D eigenvalue weighted by atomic mass is 35.5. The molecule has 1 fully saturated rings. The molecule has 0 spiro atoms. The first-order valence-corrected chi connectivity index (χ1v) is 10.5. The second kappa shape index (κ2) is 8.22. The van der Waals surface area contributed by atoms with Crippen molar-refractivity contribution in [1.82, 2.24) is 23.6 Å². The summed E-state index contributed by atoms with van der Waals surface area (Å²) in [6.07, 6.45) is 0.111. The average molecular weight is 450 g/mol. The zero-order valence-electron chi connectivity index (χ0n) is 17.9. The number of imidazole rings is 1. The number of fused-ring (bicyclic) bond motifs is 1. The summed E-state index contributed by atoms with van der Waals surface area (Å²) in [7, 11) is 2.99. The van der Waals surface area contributed by atoms with Crippen molar-refractivity contribution in [3.05, 3.63) is 61.3 Å². The standard InChI is InChI=1S/C21H25ClFN5O3/c1-12-8-27(9-13(2)31-12)11-17-24-19-18(20(29)26(4)21(30)25(19)3)28(17)10-14-15(22)6-5-7-16(14)23/h5-7,12-13H,8-11H2,1-4H3/t12-,13-/m1/s1. The number of ether oxygens (including phenoxy) is 1. The molecule has 0 bridgehead atoms. The molecule has 1 saturated heterocycles. The molecule has 2 atom stereocenters. The number of nitrogens with zero attached hydrogens (tertiary/aromatic N) is 5. The number of morpholine rings is 1. The molecule has 4 rings (SSSR count). The lowest BCUT2D eigenvalue weighted by molar-refractivity contribution is -0.0712. The van der Waals surface area contributed by atoms with Gasteiger partial charge in [0.15, 0.2) is 11.2 Å².